The summed E-state index contributed by atoms with van der Waals surface area (Å²) >= 11 is 0. The maximum absolute atomic E-state index is 10.8. The van der Waals surface area contributed by atoms with Gasteiger partial charge in [-0.1, -0.05) is 18.2 Å². The predicted molar refractivity (Wildman–Crippen MR) is 68.2 cm³/mol. The van der Waals surface area contributed by atoms with Crippen LogP contribution in [0.3, 0.4) is 0 Å². The molecule has 2 rings (SSSR count). The van der Waals surface area contributed by atoms with Crippen LogP contribution in [0.25, 0.3) is 0 Å². The summed E-state index contributed by atoms with van der Waals surface area (Å²) in [5.74, 6) is 1.07. The van der Waals surface area contributed by atoms with Crippen molar-refractivity contribution in [1.29, 1.82) is 0 Å². The molecule has 2 N–H and O–H groups in total. The second-order valence-electron chi connectivity index (χ2n) is 4.87. The first-order valence-corrected chi connectivity index (χ1v) is 6.23. The molecule has 1 heterocycles. The third-order valence-electron chi connectivity index (χ3n) is 3.79. The summed E-state index contributed by atoms with van der Waals surface area (Å²) in [6.07, 6.45) is 2.01. The van der Waals surface area contributed by atoms with E-state index in [2.05, 4.69) is 5.32 Å². The van der Waals surface area contributed by atoms with E-state index < -0.39 is 5.60 Å². The molecule has 1 fully saturated rings. The fraction of sp³-hybridized carbons (Fsp3) is 0.571. The van der Waals surface area contributed by atoms with Crippen molar-refractivity contribution in [2.24, 2.45) is 5.92 Å². The number of para-hydroxylation sites is 1. The van der Waals surface area contributed by atoms with Gasteiger partial charge in [-0.3, -0.25) is 0 Å². The highest BCUT2D eigenvalue weighted by atomic mass is 16.5. The van der Waals surface area contributed by atoms with E-state index >= 15 is 0 Å². The zero-order chi connectivity index (χ0) is 12.3. The molecule has 0 amide bonds. The van der Waals surface area contributed by atoms with E-state index in [0.717, 1.165) is 37.2 Å². The molecule has 3 nitrogen and oxygen atoms in total. The Labute approximate surface area is 103 Å². The van der Waals surface area contributed by atoms with Crippen LogP contribution in [0.4, 0.5) is 0 Å². The van der Waals surface area contributed by atoms with Crippen LogP contribution in [0, 0.1) is 5.92 Å². The van der Waals surface area contributed by atoms with Crippen LogP contribution < -0.4 is 10.1 Å². The summed E-state index contributed by atoms with van der Waals surface area (Å²) in [4.78, 5) is 0. The molecule has 17 heavy (non-hydrogen) atoms. The van der Waals surface area contributed by atoms with Gasteiger partial charge in [0.15, 0.2) is 0 Å². The number of hydrogen-bond acceptors (Lipinski definition) is 3. The molecule has 1 aromatic carbocycles. The Morgan fingerprint density at radius 3 is 2.59 bits per heavy atom. The van der Waals surface area contributed by atoms with Crippen molar-refractivity contribution in [3.05, 3.63) is 29.8 Å². The number of ether oxygens (including phenoxy) is 1. The third-order valence-corrected chi connectivity index (χ3v) is 3.79. The van der Waals surface area contributed by atoms with Gasteiger partial charge in [0.2, 0.25) is 0 Å². The monoisotopic (exact) mass is 235 g/mol. The van der Waals surface area contributed by atoms with Crippen LogP contribution in [0.15, 0.2) is 24.3 Å². The highest BCUT2D eigenvalue weighted by Crippen LogP contribution is 2.39. The van der Waals surface area contributed by atoms with Crippen LogP contribution in [-0.2, 0) is 5.60 Å². The SMILES string of the molecule is COc1ccccc1C(C)(O)C1CCNCC1. The van der Waals surface area contributed by atoms with Crippen molar-refractivity contribution in [2.45, 2.75) is 25.4 Å². The van der Waals surface area contributed by atoms with Gasteiger partial charge in [-0.05, 0) is 44.8 Å². The molecule has 0 aromatic heterocycles. The average molecular weight is 235 g/mol. The first-order chi connectivity index (χ1) is 8.16. The van der Waals surface area contributed by atoms with Crippen LogP contribution >= 0.6 is 0 Å². The lowest BCUT2D eigenvalue weighted by molar-refractivity contribution is -0.0203. The van der Waals surface area contributed by atoms with Gasteiger partial charge in [-0.2, -0.15) is 0 Å². The lowest BCUT2D eigenvalue weighted by Crippen LogP contribution is -2.40. The first kappa shape index (κ1) is 12.4. The summed E-state index contributed by atoms with van der Waals surface area (Å²) in [7, 11) is 1.65. The molecular weight excluding hydrogens is 214 g/mol. The van der Waals surface area contributed by atoms with E-state index in [4.69, 9.17) is 4.74 Å². The van der Waals surface area contributed by atoms with E-state index in [-0.39, 0.29) is 0 Å². The van der Waals surface area contributed by atoms with Crippen LogP contribution in [0.5, 0.6) is 5.75 Å². The minimum absolute atomic E-state index is 0.292. The van der Waals surface area contributed by atoms with E-state index in [0.29, 0.717) is 5.92 Å². The lowest BCUT2D eigenvalue weighted by atomic mass is 9.77. The predicted octanol–water partition coefficient (Wildman–Crippen LogP) is 1.90. The highest BCUT2D eigenvalue weighted by Gasteiger charge is 2.36. The standard InChI is InChI=1S/C14H21NO2/c1-14(16,11-7-9-15-10-8-11)12-5-3-4-6-13(12)17-2/h3-6,11,15-16H,7-10H2,1-2H3. The molecule has 1 aliphatic heterocycles. The number of benzene rings is 1. The number of nitrogens with one attached hydrogen (secondary N) is 1. The molecule has 0 bridgehead atoms. The van der Waals surface area contributed by atoms with Crippen molar-refractivity contribution in [3.8, 4) is 5.75 Å². The molecule has 94 valence electrons. The first-order valence-electron chi connectivity index (χ1n) is 6.23. The molecule has 3 heteroatoms. The Morgan fingerprint density at radius 1 is 1.29 bits per heavy atom. The Kier molecular flexibility index (Phi) is 3.69. The minimum atomic E-state index is -0.811. The van der Waals surface area contributed by atoms with Gasteiger partial charge in [0.25, 0.3) is 0 Å². The minimum Gasteiger partial charge on any atom is -0.496 e. The van der Waals surface area contributed by atoms with Crippen molar-refractivity contribution in [2.75, 3.05) is 20.2 Å². The number of rotatable bonds is 3. The molecule has 1 unspecified atom stereocenters. The van der Waals surface area contributed by atoms with Gasteiger partial charge in [0.05, 0.1) is 12.7 Å². The number of piperidine rings is 1. The Bertz CT molecular complexity index is 370. The normalized spacial score (nSPS) is 20.9. The van der Waals surface area contributed by atoms with Gasteiger partial charge >= 0.3 is 0 Å². The fourth-order valence-corrected chi connectivity index (χ4v) is 2.67. The summed E-state index contributed by atoms with van der Waals surface area (Å²) in [5, 5.41) is 14.1. The second-order valence-corrected chi connectivity index (χ2v) is 4.87. The Balaban J connectivity index is 2.29. The van der Waals surface area contributed by atoms with Crippen molar-refractivity contribution >= 4 is 0 Å². The van der Waals surface area contributed by atoms with E-state index in [1.54, 1.807) is 7.11 Å². The quantitative estimate of drug-likeness (QED) is 0.841. The summed E-state index contributed by atoms with van der Waals surface area (Å²) < 4.78 is 5.35. The van der Waals surface area contributed by atoms with Gasteiger partial charge in [0, 0.05) is 5.56 Å². The molecule has 1 aromatic rings. The van der Waals surface area contributed by atoms with Gasteiger partial charge in [-0.25, -0.2) is 0 Å². The highest BCUT2D eigenvalue weighted by molar-refractivity contribution is 5.38. The van der Waals surface area contributed by atoms with Crippen molar-refractivity contribution in [3.63, 3.8) is 0 Å². The summed E-state index contributed by atoms with van der Waals surface area (Å²) in [5.41, 5.74) is 0.0868. The topological polar surface area (TPSA) is 41.5 Å². The molecule has 0 radical (unpaired) electrons. The van der Waals surface area contributed by atoms with Crippen molar-refractivity contribution in [1.82, 2.24) is 5.32 Å². The largest absolute Gasteiger partial charge is 0.496 e. The zero-order valence-corrected chi connectivity index (χ0v) is 10.6. The average Bonchev–Trinajstić information content (AvgIpc) is 2.39. The Morgan fingerprint density at radius 2 is 1.94 bits per heavy atom. The summed E-state index contributed by atoms with van der Waals surface area (Å²) in [6, 6.07) is 7.75. The van der Waals surface area contributed by atoms with Gasteiger partial charge in [-0.15, -0.1) is 0 Å². The Hall–Kier alpha value is -1.06. The van der Waals surface area contributed by atoms with E-state index in [9.17, 15) is 5.11 Å². The van der Waals surface area contributed by atoms with Crippen LogP contribution in [0.2, 0.25) is 0 Å². The van der Waals surface area contributed by atoms with Gasteiger partial charge < -0.3 is 15.2 Å². The molecule has 0 saturated carbocycles. The molecule has 0 aliphatic carbocycles. The van der Waals surface area contributed by atoms with Gasteiger partial charge in [0.1, 0.15) is 5.75 Å². The van der Waals surface area contributed by atoms with Crippen LogP contribution in [0.1, 0.15) is 25.3 Å². The van der Waals surface area contributed by atoms with E-state index in [1.165, 1.54) is 0 Å². The third kappa shape index (κ3) is 2.45. The second kappa shape index (κ2) is 5.07. The molecule has 1 aliphatic rings. The van der Waals surface area contributed by atoms with Crippen molar-refractivity contribution < 1.29 is 9.84 Å². The maximum Gasteiger partial charge on any atom is 0.124 e. The summed E-state index contributed by atoms with van der Waals surface area (Å²) in [6.45, 7) is 3.87. The molecule has 1 saturated heterocycles. The smallest absolute Gasteiger partial charge is 0.124 e. The maximum atomic E-state index is 10.8. The van der Waals surface area contributed by atoms with E-state index in [1.807, 2.05) is 31.2 Å². The number of aliphatic hydroxyl groups is 1. The number of methoxy groups -OCH3 is 1. The molecule has 1 atom stereocenters. The van der Waals surface area contributed by atoms with Crippen LogP contribution in [-0.4, -0.2) is 25.3 Å². The molecule has 0 spiro atoms. The number of hydrogen-bond donors (Lipinski definition) is 2. The zero-order valence-electron chi connectivity index (χ0n) is 10.6. The fourth-order valence-electron chi connectivity index (χ4n) is 2.67. The lowest BCUT2D eigenvalue weighted by Gasteiger charge is -2.36. The molecular formula is C14H21NO2.